The first-order valence-corrected chi connectivity index (χ1v) is 6.22. The van der Waals surface area contributed by atoms with Gasteiger partial charge in [0.1, 0.15) is 6.04 Å². The topological polar surface area (TPSA) is 48.3 Å². The molecular formula is C14H19N3O. The van der Waals surface area contributed by atoms with Crippen molar-refractivity contribution in [2.24, 2.45) is 0 Å². The van der Waals surface area contributed by atoms with Gasteiger partial charge in [0, 0.05) is 32.9 Å². The van der Waals surface area contributed by atoms with Crippen LogP contribution >= 0.6 is 0 Å². The molecule has 0 spiro atoms. The van der Waals surface area contributed by atoms with Crippen molar-refractivity contribution in [2.75, 3.05) is 38.8 Å². The number of nitriles is 1. The summed E-state index contributed by atoms with van der Waals surface area (Å²) in [4.78, 5) is 2.25. The Bertz CT molecular complexity index is 453. The molecule has 2 rings (SSSR count). The Balaban J connectivity index is 2.10. The molecular weight excluding hydrogens is 226 g/mol. The summed E-state index contributed by atoms with van der Waals surface area (Å²) in [5.41, 5.74) is 3.67. The summed E-state index contributed by atoms with van der Waals surface area (Å²) in [6.07, 6.45) is 1.07. The lowest BCUT2D eigenvalue weighted by atomic mass is 10.0. The molecule has 1 atom stereocenters. The maximum absolute atomic E-state index is 9.22. The third-order valence-electron chi connectivity index (χ3n) is 3.35. The molecule has 18 heavy (non-hydrogen) atoms. The van der Waals surface area contributed by atoms with Crippen molar-refractivity contribution in [2.45, 2.75) is 12.5 Å². The second-order valence-electron chi connectivity index (χ2n) is 4.57. The molecule has 0 fully saturated rings. The number of ether oxygens (including phenoxy) is 1. The maximum Gasteiger partial charge on any atom is 0.121 e. The van der Waals surface area contributed by atoms with E-state index in [4.69, 9.17) is 4.74 Å². The van der Waals surface area contributed by atoms with E-state index in [0.29, 0.717) is 13.2 Å². The van der Waals surface area contributed by atoms with E-state index in [9.17, 15) is 5.26 Å². The first kappa shape index (κ1) is 12.9. The number of nitrogens with one attached hydrogen (secondary N) is 1. The van der Waals surface area contributed by atoms with E-state index >= 15 is 0 Å². The van der Waals surface area contributed by atoms with Crippen LogP contribution in [0.1, 0.15) is 17.2 Å². The van der Waals surface area contributed by atoms with Crippen LogP contribution in [0.5, 0.6) is 0 Å². The Kier molecular flexibility index (Phi) is 4.19. The molecule has 1 aliphatic rings. The number of hydrogen-bond acceptors (Lipinski definition) is 4. The van der Waals surface area contributed by atoms with Gasteiger partial charge in [-0.3, -0.25) is 5.32 Å². The number of benzene rings is 1. The van der Waals surface area contributed by atoms with E-state index in [1.54, 1.807) is 7.11 Å². The van der Waals surface area contributed by atoms with E-state index in [2.05, 4.69) is 35.5 Å². The molecule has 1 heterocycles. The maximum atomic E-state index is 9.22. The predicted molar refractivity (Wildman–Crippen MR) is 71.6 cm³/mol. The summed E-state index contributed by atoms with van der Waals surface area (Å²) in [5.74, 6) is 0. The lowest BCUT2D eigenvalue weighted by Gasteiger charge is -2.15. The van der Waals surface area contributed by atoms with Crippen LogP contribution < -0.4 is 10.2 Å². The first-order chi connectivity index (χ1) is 8.76. The molecule has 0 aliphatic carbocycles. The molecule has 1 aliphatic heterocycles. The van der Waals surface area contributed by atoms with Crippen molar-refractivity contribution in [1.29, 1.82) is 5.26 Å². The molecule has 1 aromatic rings. The van der Waals surface area contributed by atoms with Gasteiger partial charge >= 0.3 is 0 Å². The molecule has 1 unspecified atom stereocenters. The Hall–Kier alpha value is -1.57. The Morgan fingerprint density at radius 2 is 2.39 bits per heavy atom. The van der Waals surface area contributed by atoms with Crippen molar-refractivity contribution < 1.29 is 4.74 Å². The Morgan fingerprint density at radius 3 is 3.11 bits per heavy atom. The van der Waals surface area contributed by atoms with Crippen LogP contribution in [0.15, 0.2) is 18.2 Å². The molecule has 0 saturated carbocycles. The third-order valence-corrected chi connectivity index (χ3v) is 3.35. The fourth-order valence-corrected chi connectivity index (χ4v) is 2.31. The fraction of sp³-hybridized carbons (Fsp3) is 0.500. The van der Waals surface area contributed by atoms with Gasteiger partial charge < -0.3 is 9.64 Å². The molecule has 0 aromatic heterocycles. The second-order valence-corrected chi connectivity index (χ2v) is 4.57. The van der Waals surface area contributed by atoms with Gasteiger partial charge in [-0.05, 0) is 23.6 Å². The van der Waals surface area contributed by atoms with E-state index < -0.39 is 0 Å². The van der Waals surface area contributed by atoms with Crippen LogP contribution in [0.25, 0.3) is 0 Å². The summed E-state index contributed by atoms with van der Waals surface area (Å²) in [7, 11) is 3.76. The van der Waals surface area contributed by atoms with E-state index in [1.807, 2.05) is 6.07 Å². The number of anilines is 1. The molecule has 4 heteroatoms. The minimum absolute atomic E-state index is 0.253. The largest absolute Gasteiger partial charge is 0.383 e. The first-order valence-electron chi connectivity index (χ1n) is 6.22. The van der Waals surface area contributed by atoms with E-state index in [1.165, 1.54) is 11.3 Å². The standard InChI is InChI=1S/C14H19N3O/c1-17-7-5-12-9-11(3-4-14(12)17)13(10-15)16-6-8-18-2/h3-4,9,13,16H,5-8H2,1-2H3. The predicted octanol–water partition coefficient (Wildman–Crippen LogP) is 1.48. The highest BCUT2D eigenvalue weighted by Crippen LogP contribution is 2.29. The molecule has 1 aromatic carbocycles. The van der Waals surface area contributed by atoms with E-state index in [-0.39, 0.29) is 6.04 Å². The van der Waals surface area contributed by atoms with Crippen LogP contribution in [-0.2, 0) is 11.2 Å². The zero-order chi connectivity index (χ0) is 13.0. The smallest absolute Gasteiger partial charge is 0.121 e. The van der Waals surface area contributed by atoms with Gasteiger partial charge in [-0.15, -0.1) is 0 Å². The van der Waals surface area contributed by atoms with Crippen LogP contribution in [0.2, 0.25) is 0 Å². The van der Waals surface area contributed by atoms with Gasteiger partial charge in [-0.1, -0.05) is 12.1 Å². The van der Waals surface area contributed by atoms with Gasteiger partial charge in [0.2, 0.25) is 0 Å². The fourth-order valence-electron chi connectivity index (χ4n) is 2.31. The summed E-state index contributed by atoms with van der Waals surface area (Å²) in [5, 5.41) is 12.4. The van der Waals surface area contributed by atoms with Gasteiger partial charge in [0.25, 0.3) is 0 Å². The van der Waals surface area contributed by atoms with Gasteiger partial charge in [-0.2, -0.15) is 5.26 Å². The van der Waals surface area contributed by atoms with Crippen LogP contribution in [0.4, 0.5) is 5.69 Å². The zero-order valence-corrected chi connectivity index (χ0v) is 10.9. The monoisotopic (exact) mass is 245 g/mol. The molecule has 96 valence electrons. The third kappa shape index (κ3) is 2.63. The van der Waals surface area contributed by atoms with Crippen molar-refractivity contribution in [3.05, 3.63) is 29.3 Å². The Labute approximate surface area is 108 Å². The average molecular weight is 245 g/mol. The van der Waals surface area contributed by atoms with Crippen molar-refractivity contribution in [3.63, 3.8) is 0 Å². The lowest BCUT2D eigenvalue weighted by Crippen LogP contribution is -2.24. The number of methoxy groups -OCH3 is 1. The quantitative estimate of drug-likeness (QED) is 0.798. The SMILES string of the molecule is COCCNC(C#N)c1ccc2c(c1)CCN2C. The summed E-state index contributed by atoms with van der Waals surface area (Å²) < 4.78 is 4.98. The van der Waals surface area contributed by atoms with Crippen molar-refractivity contribution >= 4 is 5.69 Å². The minimum Gasteiger partial charge on any atom is -0.383 e. The molecule has 0 saturated heterocycles. The second kappa shape index (κ2) is 5.85. The summed E-state index contributed by atoms with van der Waals surface area (Å²) in [6.45, 7) is 2.37. The van der Waals surface area contributed by atoms with Gasteiger partial charge in [0.15, 0.2) is 0 Å². The number of likely N-dealkylation sites (N-methyl/N-ethyl adjacent to an activating group) is 1. The van der Waals surface area contributed by atoms with Crippen molar-refractivity contribution in [3.8, 4) is 6.07 Å². The Morgan fingerprint density at radius 1 is 1.56 bits per heavy atom. The summed E-state index contributed by atoms with van der Waals surface area (Å²) >= 11 is 0. The highest BCUT2D eigenvalue weighted by Gasteiger charge is 2.18. The zero-order valence-electron chi connectivity index (χ0n) is 10.9. The number of nitrogens with zero attached hydrogens (tertiary/aromatic N) is 2. The van der Waals surface area contributed by atoms with Crippen LogP contribution in [0.3, 0.4) is 0 Å². The molecule has 4 nitrogen and oxygen atoms in total. The van der Waals surface area contributed by atoms with Gasteiger partial charge in [0.05, 0.1) is 12.7 Å². The lowest BCUT2D eigenvalue weighted by molar-refractivity contribution is 0.198. The van der Waals surface area contributed by atoms with Crippen LogP contribution in [-0.4, -0.2) is 33.9 Å². The number of fused-ring (bicyclic) bond motifs is 1. The molecule has 1 N–H and O–H groups in total. The highest BCUT2D eigenvalue weighted by molar-refractivity contribution is 5.59. The van der Waals surface area contributed by atoms with E-state index in [0.717, 1.165) is 18.5 Å². The number of rotatable bonds is 5. The van der Waals surface area contributed by atoms with Crippen LogP contribution in [0, 0.1) is 11.3 Å². The number of hydrogen-bond donors (Lipinski definition) is 1. The molecule has 0 amide bonds. The minimum atomic E-state index is -0.253. The van der Waals surface area contributed by atoms with Gasteiger partial charge in [-0.25, -0.2) is 0 Å². The molecule has 0 radical (unpaired) electrons. The van der Waals surface area contributed by atoms with Crippen molar-refractivity contribution in [1.82, 2.24) is 5.32 Å². The average Bonchev–Trinajstić information content (AvgIpc) is 2.76. The normalized spacial score (nSPS) is 15.3. The molecule has 0 bridgehead atoms. The summed E-state index contributed by atoms with van der Waals surface area (Å²) in [6, 6.07) is 8.34. The highest BCUT2D eigenvalue weighted by atomic mass is 16.5.